The molecule has 0 aliphatic heterocycles. The summed E-state index contributed by atoms with van der Waals surface area (Å²) in [5.74, 6) is 0. The maximum atomic E-state index is 13.8. The minimum atomic E-state index is -5.06. The molecule has 0 fully saturated rings. The molecule has 0 N–H and O–H groups in total. The molecular weight excluding hydrogens is 736 g/mol. The molecule has 0 bridgehead atoms. The molecule has 0 amide bonds. The standard InChI is InChI=1S/C40H20F12N2/c41-37(42,43)23-15-24(38(44,45)46)18-27(17-23)53-33-7-3-1-5-29(33)31-13-21(9-11-35(31)53)22-10-12-36-32(14-22)30-6-2-4-8-34(30)54(36)28-19-25(39(47,48)49)16-26(20-28)40(50,51)52/h1-20H. The van der Waals surface area contributed by atoms with Crippen molar-refractivity contribution in [3.63, 3.8) is 0 Å². The average Bonchev–Trinajstić information content (AvgIpc) is 3.62. The molecule has 54 heavy (non-hydrogen) atoms. The number of aromatic nitrogens is 2. The topological polar surface area (TPSA) is 9.86 Å². The van der Waals surface area contributed by atoms with Gasteiger partial charge in [0.2, 0.25) is 0 Å². The summed E-state index contributed by atoms with van der Waals surface area (Å²) in [6, 6.07) is 25.6. The van der Waals surface area contributed by atoms with E-state index >= 15 is 0 Å². The number of benzene rings is 6. The normalized spacial score (nSPS) is 13.2. The number of rotatable bonds is 3. The largest absolute Gasteiger partial charge is 0.416 e. The van der Waals surface area contributed by atoms with Crippen LogP contribution in [0.1, 0.15) is 22.3 Å². The van der Waals surface area contributed by atoms with Crippen LogP contribution in [0.3, 0.4) is 0 Å². The molecule has 0 aliphatic carbocycles. The van der Waals surface area contributed by atoms with Crippen molar-refractivity contribution in [2.24, 2.45) is 0 Å². The third kappa shape index (κ3) is 5.89. The van der Waals surface area contributed by atoms with Gasteiger partial charge in [0.25, 0.3) is 0 Å². The van der Waals surface area contributed by atoms with Gasteiger partial charge in [0.1, 0.15) is 0 Å². The Labute approximate surface area is 296 Å². The summed E-state index contributed by atoms with van der Waals surface area (Å²) in [6.07, 6.45) is -20.3. The summed E-state index contributed by atoms with van der Waals surface area (Å²) in [5.41, 5.74) is -4.13. The van der Waals surface area contributed by atoms with Gasteiger partial charge in [-0.2, -0.15) is 52.7 Å². The molecule has 0 radical (unpaired) electrons. The van der Waals surface area contributed by atoms with Crippen LogP contribution in [-0.2, 0) is 24.7 Å². The summed E-state index contributed by atoms with van der Waals surface area (Å²) >= 11 is 0. The molecule has 0 atom stereocenters. The summed E-state index contributed by atoms with van der Waals surface area (Å²) in [4.78, 5) is 0. The minimum Gasteiger partial charge on any atom is -0.309 e. The first-order chi connectivity index (χ1) is 25.3. The van der Waals surface area contributed by atoms with Gasteiger partial charge < -0.3 is 9.13 Å². The average molecular weight is 757 g/mol. The number of fused-ring (bicyclic) bond motifs is 6. The number of para-hydroxylation sites is 2. The van der Waals surface area contributed by atoms with E-state index in [-0.39, 0.29) is 23.5 Å². The van der Waals surface area contributed by atoms with Gasteiger partial charge in [-0.3, -0.25) is 0 Å². The molecule has 274 valence electrons. The molecular formula is C40H20F12N2. The third-order valence-electron chi connectivity index (χ3n) is 9.34. The second-order valence-corrected chi connectivity index (χ2v) is 12.7. The highest BCUT2D eigenvalue weighted by Gasteiger charge is 2.39. The van der Waals surface area contributed by atoms with Gasteiger partial charge >= 0.3 is 24.7 Å². The van der Waals surface area contributed by atoms with Crippen LogP contribution < -0.4 is 0 Å². The molecule has 0 saturated carbocycles. The van der Waals surface area contributed by atoms with E-state index in [4.69, 9.17) is 0 Å². The molecule has 8 aromatic rings. The van der Waals surface area contributed by atoms with Gasteiger partial charge in [-0.05, 0) is 83.9 Å². The van der Waals surface area contributed by atoms with Crippen LogP contribution in [0, 0.1) is 0 Å². The van der Waals surface area contributed by atoms with E-state index in [9.17, 15) is 52.7 Å². The van der Waals surface area contributed by atoms with E-state index in [0.29, 0.717) is 79.0 Å². The summed E-state index contributed by atoms with van der Waals surface area (Å²) < 4.78 is 168. The quantitative estimate of drug-likeness (QED) is 0.159. The van der Waals surface area contributed by atoms with Crippen molar-refractivity contribution in [3.8, 4) is 22.5 Å². The van der Waals surface area contributed by atoms with Gasteiger partial charge in [-0.1, -0.05) is 48.5 Å². The molecule has 2 aromatic heterocycles. The fourth-order valence-corrected chi connectivity index (χ4v) is 7.00. The van der Waals surface area contributed by atoms with Gasteiger partial charge in [-0.25, -0.2) is 0 Å². The van der Waals surface area contributed by atoms with Gasteiger partial charge in [-0.15, -0.1) is 0 Å². The van der Waals surface area contributed by atoms with Crippen molar-refractivity contribution < 1.29 is 52.7 Å². The van der Waals surface area contributed by atoms with Crippen molar-refractivity contribution in [3.05, 3.63) is 144 Å². The number of halogens is 12. The number of nitrogens with zero attached hydrogens (tertiary/aromatic N) is 2. The Balaban J connectivity index is 1.33. The van der Waals surface area contributed by atoms with Crippen LogP contribution in [0.5, 0.6) is 0 Å². The Bertz CT molecular complexity index is 2520. The van der Waals surface area contributed by atoms with E-state index in [2.05, 4.69) is 0 Å². The monoisotopic (exact) mass is 756 g/mol. The van der Waals surface area contributed by atoms with E-state index in [0.717, 1.165) is 0 Å². The highest BCUT2D eigenvalue weighted by atomic mass is 19.4. The summed E-state index contributed by atoms with van der Waals surface area (Å²) in [6.45, 7) is 0. The SMILES string of the molecule is FC(F)(F)c1cc(-n2c3ccccc3c3cc(-c4ccc5c(c4)c4ccccc4n5-c4cc(C(F)(F)F)cc(C(F)(F)F)c4)ccc32)cc(C(F)(F)F)c1. The van der Waals surface area contributed by atoms with Crippen LogP contribution in [0.15, 0.2) is 121 Å². The lowest BCUT2D eigenvalue weighted by Gasteiger charge is -2.16. The molecule has 2 nitrogen and oxygen atoms in total. The molecule has 6 aromatic carbocycles. The second-order valence-electron chi connectivity index (χ2n) is 12.7. The number of alkyl halides is 12. The lowest BCUT2D eigenvalue weighted by Crippen LogP contribution is -2.12. The lowest BCUT2D eigenvalue weighted by molar-refractivity contribution is -0.144. The summed E-state index contributed by atoms with van der Waals surface area (Å²) in [5, 5.41) is 2.06. The maximum absolute atomic E-state index is 13.8. The summed E-state index contributed by atoms with van der Waals surface area (Å²) in [7, 11) is 0. The van der Waals surface area contributed by atoms with Gasteiger partial charge in [0.15, 0.2) is 0 Å². The van der Waals surface area contributed by atoms with E-state index in [1.54, 1.807) is 84.9 Å². The predicted octanol–water partition coefficient (Wildman–Crippen LogP) is 13.6. The highest BCUT2D eigenvalue weighted by molar-refractivity contribution is 6.12. The zero-order valence-electron chi connectivity index (χ0n) is 27.0. The van der Waals surface area contributed by atoms with Crippen molar-refractivity contribution in [1.29, 1.82) is 0 Å². The predicted molar refractivity (Wildman–Crippen MR) is 181 cm³/mol. The fourth-order valence-electron chi connectivity index (χ4n) is 7.00. The third-order valence-corrected chi connectivity index (χ3v) is 9.34. The Morgan fingerprint density at radius 1 is 0.296 bits per heavy atom. The van der Waals surface area contributed by atoms with Gasteiger partial charge in [0.05, 0.1) is 44.3 Å². The Morgan fingerprint density at radius 3 is 0.907 bits per heavy atom. The van der Waals surface area contributed by atoms with Crippen molar-refractivity contribution >= 4 is 43.6 Å². The molecule has 0 saturated heterocycles. The first-order valence-electron chi connectivity index (χ1n) is 16.0. The van der Waals surface area contributed by atoms with Crippen molar-refractivity contribution in [1.82, 2.24) is 9.13 Å². The molecule has 14 heteroatoms. The van der Waals surface area contributed by atoms with Crippen LogP contribution in [0.2, 0.25) is 0 Å². The lowest BCUT2D eigenvalue weighted by atomic mass is 10.0. The van der Waals surface area contributed by atoms with E-state index in [1.165, 1.54) is 9.13 Å². The van der Waals surface area contributed by atoms with Crippen LogP contribution in [-0.4, -0.2) is 9.13 Å². The smallest absolute Gasteiger partial charge is 0.309 e. The first kappa shape index (κ1) is 35.1. The van der Waals surface area contributed by atoms with Crippen LogP contribution in [0.25, 0.3) is 66.1 Å². The Kier molecular flexibility index (Phi) is 7.67. The number of hydrogen-bond donors (Lipinski definition) is 0. The second kappa shape index (κ2) is 11.8. The first-order valence-corrected chi connectivity index (χ1v) is 16.0. The minimum absolute atomic E-state index is 0.0604. The molecule has 8 rings (SSSR count). The van der Waals surface area contributed by atoms with E-state index < -0.39 is 47.0 Å². The fraction of sp³-hybridized carbons (Fsp3) is 0.100. The Hall–Kier alpha value is -5.92. The number of hydrogen-bond acceptors (Lipinski definition) is 0. The Morgan fingerprint density at radius 2 is 0.593 bits per heavy atom. The molecule has 0 unspecified atom stereocenters. The maximum Gasteiger partial charge on any atom is 0.416 e. The van der Waals surface area contributed by atoms with Crippen molar-refractivity contribution in [2.45, 2.75) is 24.7 Å². The molecule has 0 aliphatic rings. The zero-order chi connectivity index (χ0) is 38.5. The van der Waals surface area contributed by atoms with Crippen LogP contribution in [0.4, 0.5) is 52.7 Å². The highest BCUT2D eigenvalue weighted by Crippen LogP contribution is 2.43. The van der Waals surface area contributed by atoms with E-state index in [1.807, 2.05) is 0 Å². The van der Waals surface area contributed by atoms with Crippen LogP contribution >= 0.6 is 0 Å². The molecule has 2 heterocycles. The van der Waals surface area contributed by atoms with Crippen molar-refractivity contribution in [2.75, 3.05) is 0 Å². The molecule has 0 spiro atoms. The van der Waals surface area contributed by atoms with Gasteiger partial charge in [0, 0.05) is 32.9 Å². The zero-order valence-corrected chi connectivity index (χ0v) is 27.0.